The first-order chi connectivity index (χ1) is 9.65. The zero-order valence-electron chi connectivity index (χ0n) is 12.3. The number of rotatable bonds is 7. The van der Waals surface area contributed by atoms with Crippen molar-refractivity contribution in [3.63, 3.8) is 0 Å². The van der Waals surface area contributed by atoms with Crippen LogP contribution in [-0.4, -0.2) is 37.1 Å². The molecule has 2 atom stereocenters. The summed E-state index contributed by atoms with van der Waals surface area (Å²) in [7, 11) is 1.65. The first-order valence-corrected chi connectivity index (χ1v) is 7.25. The van der Waals surface area contributed by atoms with Crippen LogP contribution in [0.1, 0.15) is 31.4 Å². The molecule has 0 heterocycles. The van der Waals surface area contributed by atoms with E-state index in [2.05, 4.69) is 6.92 Å². The van der Waals surface area contributed by atoms with E-state index in [0.29, 0.717) is 19.1 Å². The van der Waals surface area contributed by atoms with Gasteiger partial charge in [-0.25, -0.2) is 0 Å². The molecule has 2 rings (SSSR count). The number of methoxy groups -OCH3 is 1. The van der Waals surface area contributed by atoms with Gasteiger partial charge in [-0.05, 0) is 31.2 Å². The summed E-state index contributed by atoms with van der Waals surface area (Å²) in [6, 6.07) is 9.20. The SMILES string of the molecule is COCCN(C(=O)[C@@H](N)c1ccccc1)C(C)C1CC1. The van der Waals surface area contributed by atoms with Gasteiger partial charge in [-0.2, -0.15) is 0 Å². The van der Waals surface area contributed by atoms with Crippen LogP contribution in [0.5, 0.6) is 0 Å². The van der Waals surface area contributed by atoms with Crippen LogP contribution in [-0.2, 0) is 9.53 Å². The van der Waals surface area contributed by atoms with Gasteiger partial charge in [0.05, 0.1) is 6.61 Å². The third-order valence-electron chi connectivity index (χ3n) is 4.04. The molecule has 4 nitrogen and oxygen atoms in total. The molecule has 1 aromatic carbocycles. The number of hydrogen-bond donors (Lipinski definition) is 1. The molecule has 4 heteroatoms. The van der Waals surface area contributed by atoms with Crippen molar-refractivity contribution in [2.45, 2.75) is 31.8 Å². The van der Waals surface area contributed by atoms with Crippen molar-refractivity contribution in [3.05, 3.63) is 35.9 Å². The lowest BCUT2D eigenvalue weighted by atomic mass is 10.0. The average molecular weight is 276 g/mol. The standard InChI is InChI=1S/C16H24N2O2/c1-12(13-8-9-13)18(10-11-20-2)16(19)15(17)14-6-4-3-5-7-14/h3-7,12-13,15H,8-11,17H2,1-2H3/t12?,15-/m0/s1. The number of benzene rings is 1. The number of nitrogens with two attached hydrogens (primary N) is 1. The molecule has 0 radical (unpaired) electrons. The second-order valence-electron chi connectivity index (χ2n) is 5.49. The van der Waals surface area contributed by atoms with Crippen LogP contribution in [0.2, 0.25) is 0 Å². The van der Waals surface area contributed by atoms with Gasteiger partial charge in [-0.1, -0.05) is 30.3 Å². The molecule has 0 spiro atoms. The van der Waals surface area contributed by atoms with Crippen molar-refractivity contribution < 1.29 is 9.53 Å². The summed E-state index contributed by atoms with van der Waals surface area (Å²) in [6.07, 6.45) is 2.41. The molecule has 0 aliphatic heterocycles. The van der Waals surface area contributed by atoms with Gasteiger partial charge in [0.1, 0.15) is 6.04 Å². The molecule has 2 N–H and O–H groups in total. The number of carbonyl (C=O) groups is 1. The lowest BCUT2D eigenvalue weighted by Gasteiger charge is -2.31. The highest BCUT2D eigenvalue weighted by Gasteiger charge is 2.35. The summed E-state index contributed by atoms with van der Waals surface area (Å²) >= 11 is 0. The van der Waals surface area contributed by atoms with Gasteiger partial charge in [0.25, 0.3) is 0 Å². The largest absolute Gasteiger partial charge is 0.383 e. The molecule has 1 fully saturated rings. The molecular formula is C16H24N2O2. The van der Waals surface area contributed by atoms with Gasteiger partial charge in [0, 0.05) is 19.7 Å². The van der Waals surface area contributed by atoms with Crippen molar-refractivity contribution in [1.82, 2.24) is 4.90 Å². The molecule has 0 aromatic heterocycles. The van der Waals surface area contributed by atoms with Crippen LogP contribution in [0.25, 0.3) is 0 Å². The van der Waals surface area contributed by atoms with E-state index in [-0.39, 0.29) is 11.9 Å². The van der Waals surface area contributed by atoms with Gasteiger partial charge >= 0.3 is 0 Å². The Hall–Kier alpha value is -1.39. The van der Waals surface area contributed by atoms with E-state index >= 15 is 0 Å². The fourth-order valence-electron chi connectivity index (χ4n) is 2.52. The van der Waals surface area contributed by atoms with Gasteiger partial charge in [-0.3, -0.25) is 4.79 Å². The lowest BCUT2D eigenvalue weighted by Crippen LogP contribution is -2.46. The van der Waals surface area contributed by atoms with Crippen LogP contribution in [0, 0.1) is 5.92 Å². The summed E-state index contributed by atoms with van der Waals surface area (Å²) in [4.78, 5) is 14.6. The van der Waals surface area contributed by atoms with Gasteiger partial charge < -0.3 is 15.4 Å². The maximum atomic E-state index is 12.7. The summed E-state index contributed by atoms with van der Waals surface area (Å²) < 4.78 is 5.12. The first kappa shape index (κ1) is 15.0. The molecule has 0 bridgehead atoms. The van der Waals surface area contributed by atoms with E-state index in [1.165, 1.54) is 12.8 Å². The lowest BCUT2D eigenvalue weighted by molar-refractivity contribution is -0.136. The molecule has 1 aliphatic rings. The summed E-state index contributed by atoms with van der Waals surface area (Å²) in [6.45, 7) is 3.26. The highest BCUT2D eigenvalue weighted by Crippen LogP contribution is 2.35. The number of hydrogen-bond acceptors (Lipinski definition) is 3. The number of ether oxygens (including phenoxy) is 1. The predicted molar refractivity (Wildman–Crippen MR) is 79.1 cm³/mol. The smallest absolute Gasteiger partial charge is 0.244 e. The summed E-state index contributed by atoms with van der Waals surface area (Å²) in [5.41, 5.74) is 7.00. The van der Waals surface area contributed by atoms with Crippen LogP contribution < -0.4 is 5.73 Å². The van der Waals surface area contributed by atoms with Crippen LogP contribution in [0.3, 0.4) is 0 Å². The van der Waals surface area contributed by atoms with Crippen molar-refractivity contribution in [2.75, 3.05) is 20.3 Å². The maximum absolute atomic E-state index is 12.7. The molecule has 1 aliphatic carbocycles. The minimum absolute atomic E-state index is 0.00681. The molecule has 1 amide bonds. The maximum Gasteiger partial charge on any atom is 0.244 e. The van der Waals surface area contributed by atoms with Gasteiger partial charge in [-0.15, -0.1) is 0 Å². The molecule has 1 unspecified atom stereocenters. The Kier molecular flexibility index (Phi) is 5.15. The van der Waals surface area contributed by atoms with E-state index in [4.69, 9.17) is 10.5 Å². The van der Waals surface area contributed by atoms with E-state index in [1.807, 2.05) is 35.2 Å². The summed E-state index contributed by atoms with van der Waals surface area (Å²) in [5.74, 6) is 0.617. The highest BCUT2D eigenvalue weighted by atomic mass is 16.5. The third kappa shape index (κ3) is 3.58. The molecule has 20 heavy (non-hydrogen) atoms. The Morgan fingerprint density at radius 3 is 2.60 bits per heavy atom. The van der Waals surface area contributed by atoms with E-state index < -0.39 is 6.04 Å². The van der Waals surface area contributed by atoms with Crippen molar-refractivity contribution >= 4 is 5.91 Å². The number of amides is 1. The quantitative estimate of drug-likeness (QED) is 0.828. The molecule has 1 saturated carbocycles. The Morgan fingerprint density at radius 1 is 1.40 bits per heavy atom. The van der Waals surface area contributed by atoms with Crippen molar-refractivity contribution in [2.24, 2.45) is 11.7 Å². The van der Waals surface area contributed by atoms with Crippen molar-refractivity contribution in [3.8, 4) is 0 Å². The summed E-state index contributed by atoms with van der Waals surface area (Å²) in [5, 5.41) is 0. The Labute approximate surface area is 120 Å². The zero-order chi connectivity index (χ0) is 14.5. The van der Waals surface area contributed by atoms with Crippen LogP contribution >= 0.6 is 0 Å². The number of nitrogens with zero attached hydrogens (tertiary/aromatic N) is 1. The van der Waals surface area contributed by atoms with E-state index in [0.717, 1.165) is 5.56 Å². The normalized spacial score (nSPS) is 17.6. The fourth-order valence-corrected chi connectivity index (χ4v) is 2.52. The Bertz CT molecular complexity index is 431. The van der Waals surface area contributed by atoms with Crippen LogP contribution in [0.15, 0.2) is 30.3 Å². The minimum Gasteiger partial charge on any atom is -0.383 e. The molecule has 0 saturated heterocycles. The fraction of sp³-hybridized carbons (Fsp3) is 0.562. The van der Waals surface area contributed by atoms with Crippen molar-refractivity contribution in [1.29, 1.82) is 0 Å². The topological polar surface area (TPSA) is 55.6 Å². The number of carbonyl (C=O) groups excluding carboxylic acids is 1. The Balaban J connectivity index is 2.08. The van der Waals surface area contributed by atoms with Crippen LogP contribution in [0.4, 0.5) is 0 Å². The molecular weight excluding hydrogens is 252 g/mol. The average Bonchev–Trinajstić information content (AvgIpc) is 3.32. The van der Waals surface area contributed by atoms with Gasteiger partial charge in [0.2, 0.25) is 5.91 Å². The second kappa shape index (κ2) is 6.86. The third-order valence-corrected chi connectivity index (χ3v) is 4.04. The Morgan fingerprint density at radius 2 is 2.05 bits per heavy atom. The molecule has 110 valence electrons. The monoisotopic (exact) mass is 276 g/mol. The van der Waals surface area contributed by atoms with Gasteiger partial charge in [0.15, 0.2) is 0 Å². The second-order valence-corrected chi connectivity index (χ2v) is 5.49. The van der Waals surface area contributed by atoms with E-state index in [1.54, 1.807) is 7.11 Å². The first-order valence-electron chi connectivity index (χ1n) is 7.25. The molecule has 1 aromatic rings. The highest BCUT2D eigenvalue weighted by molar-refractivity contribution is 5.83. The predicted octanol–water partition coefficient (Wildman–Crippen LogP) is 1.96. The van der Waals surface area contributed by atoms with E-state index in [9.17, 15) is 4.79 Å². The minimum atomic E-state index is -0.589. The zero-order valence-corrected chi connectivity index (χ0v) is 12.3.